The number of imidazole rings is 1. The number of amides is 4. The molecule has 4 atom stereocenters. The lowest BCUT2D eigenvalue weighted by atomic mass is 9.89. The summed E-state index contributed by atoms with van der Waals surface area (Å²) in [5.41, 5.74) is 4.81. The minimum absolute atomic E-state index is 0.00861. The summed E-state index contributed by atoms with van der Waals surface area (Å²) >= 11 is 0. The summed E-state index contributed by atoms with van der Waals surface area (Å²) in [4.78, 5) is 67.4. The summed E-state index contributed by atoms with van der Waals surface area (Å²) in [5.74, 6) is -3.76. The number of rotatable bonds is 7. The number of carbonyl (C=O) groups is 4. The fraction of sp³-hybridized carbons (Fsp3) is 0.457. The Balaban J connectivity index is 0.889. The van der Waals surface area contributed by atoms with E-state index in [-0.39, 0.29) is 54.9 Å². The maximum Gasteiger partial charge on any atom is 0.258 e. The summed E-state index contributed by atoms with van der Waals surface area (Å²) in [6.45, 7) is 8.02. The van der Waals surface area contributed by atoms with E-state index >= 15 is 8.78 Å². The van der Waals surface area contributed by atoms with Crippen molar-refractivity contribution in [3.63, 3.8) is 0 Å². The van der Waals surface area contributed by atoms with Crippen LogP contribution in [0.5, 0.6) is 5.88 Å². The average Bonchev–Trinajstić information content (AvgIpc) is 4.00. The molecule has 17 nitrogen and oxygen atoms in total. The van der Waals surface area contributed by atoms with Gasteiger partial charge in [0.1, 0.15) is 18.2 Å². The smallest absolute Gasteiger partial charge is 0.258 e. The summed E-state index contributed by atoms with van der Waals surface area (Å²) < 4.78 is 52.4. The number of pyridine rings is 1. The van der Waals surface area contributed by atoms with Crippen molar-refractivity contribution in [1.29, 1.82) is 0 Å². The number of hydrogen-bond acceptors (Lipinski definition) is 12. The van der Waals surface area contributed by atoms with E-state index in [9.17, 15) is 19.2 Å². The highest BCUT2D eigenvalue weighted by Gasteiger charge is 2.38. The van der Waals surface area contributed by atoms with Crippen molar-refractivity contribution in [3.05, 3.63) is 82.7 Å². The molecule has 2 N–H and O–H groups in total. The minimum atomic E-state index is -1.08. The van der Waals surface area contributed by atoms with Crippen molar-refractivity contribution in [2.24, 2.45) is 13.0 Å². The summed E-state index contributed by atoms with van der Waals surface area (Å²) in [6.07, 6.45) is 1.97. The molecule has 4 aliphatic heterocycles. The van der Waals surface area contributed by atoms with E-state index in [1.807, 2.05) is 35.4 Å². The SMILES string of the molecule is COC[C@@H]1CN(C(=O)[C@@H]2CCN(c3cc(F)c([C@H]4CCC(=O)NC4=O)c(F)c3)C2)CCN1Cc1ccc2nc3n(c2c1)C[C@H](C)OCCOc1c(cnn1C)-c1cc(cc(C)n1)C(=O)N3. The van der Waals surface area contributed by atoms with Crippen molar-refractivity contribution in [2.45, 2.75) is 64.3 Å². The van der Waals surface area contributed by atoms with Crippen molar-refractivity contribution in [2.75, 3.05) is 69.9 Å². The second kappa shape index (κ2) is 18.3. The van der Waals surface area contributed by atoms with Gasteiger partial charge in [-0.1, -0.05) is 6.07 Å². The number of fused-ring (bicyclic) bond motifs is 7. The number of nitrogens with zero attached hydrogens (tertiary/aromatic N) is 8. The number of ether oxygens (including phenoxy) is 3. The van der Waals surface area contributed by atoms with Gasteiger partial charge in [-0.05, 0) is 68.7 Å². The van der Waals surface area contributed by atoms with Crippen LogP contribution in [0.4, 0.5) is 20.4 Å². The van der Waals surface area contributed by atoms with E-state index in [0.29, 0.717) is 111 Å². The van der Waals surface area contributed by atoms with Crippen LogP contribution < -0.4 is 20.3 Å². The average molecular weight is 895 g/mol. The highest BCUT2D eigenvalue weighted by Crippen LogP contribution is 2.35. The van der Waals surface area contributed by atoms with E-state index in [1.165, 1.54) is 12.1 Å². The second-order valence-corrected chi connectivity index (χ2v) is 17.3. The van der Waals surface area contributed by atoms with Gasteiger partial charge in [-0.25, -0.2) is 18.4 Å². The predicted molar refractivity (Wildman–Crippen MR) is 234 cm³/mol. The van der Waals surface area contributed by atoms with Gasteiger partial charge >= 0.3 is 0 Å². The molecule has 9 rings (SSSR count). The minimum Gasteiger partial charge on any atom is -0.475 e. The molecule has 342 valence electrons. The van der Waals surface area contributed by atoms with Crippen LogP contribution in [-0.4, -0.2) is 130 Å². The molecule has 0 aliphatic carbocycles. The molecule has 5 aromatic rings. The quantitative estimate of drug-likeness (QED) is 0.223. The van der Waals surface area contributed by atoms with Crippen LogP contribution in [0.25, 0.3) is 22.3 Å². The van der Waals surface area contributed by atoms with Crippen LogP contribution in [0.1, 0.15) is 59.3 Å². The van der Waals surface area contributed by atoms with Gasteiger partial charge in [-0.15, -0.1) is 0 Å². The molecule has 0 saturated carbocycles. The number of carbonyl (C=O) groups excluding carboxylic acids is 4. The van der Waals surface area contributed by atoms with Gasteiger partial charge in [0.15, 0.2) is 0 Å². The van der Waals surface area contributed by atoms with E-state index in [2.05, 4.69) is 31.7 Å². The number of anilines is 2. The van der Waals surface area contributed by atoms with Crippen molar-refractivity contribution in [3.8, 4) is 17.1 Å². The molecule has 65 heavy (non-hydrogen) atoms. The third-order valence-corrected chi connectivity index (χ3v) is 12.8. The third kappa shape index (κ3) is 9.04. The normalized spacial score (nSPS) is 22.2. The van der Waals surface area contributed by atoms with E-state index < -0.39 is 29.4 Å². The van der Waals surface area contributed by atoms with Crippen molar-refractivity contribution in [1.82, 2.24) is 39.4 Å². The number of aryl methyl sites for hydroxylation is 2. The van der Waals surface area contributed by atoms with Crippen LogP contribution in [0.15, 0.2) is 48.7 Å². The second-order valence-electron chi connectivity index (χ2n) is 17.3. The Hall–Kier alpha value is -6.31. The molecule has 4 amide bonds. The standard InChI is InChI=1S/C46H52F2N10O7/c1-26-15-30-17-38(50-26)34-20-49-54(3)45(34)65-14-13-64-27(2)21-58-39-16-28(5-7-37(39)51-46(58)53-42(30)60)22-56-11-12-57(24-32(56)25-63-4)44(62)29-9-10-55(23-29)31-18-35(47)41(36(48)19-31)33-6-8-40(59)52-43(33)61/h5,7,15-20,27,29,32-33H,6,8-14,21-25H2,1-4H3,(H,51,53,60)(H,52,59,61)/t27-,29+,32-,33+/m0/s1. The van der Waals surface area contributed by atoms with Crippen LogP contribution in [0.3, 0.4) is 0 Å². The molecule has 0 unspecified atom stereocenters. The first kappa shape index (κ1) is 43.9. The van der Waals surface area contributed by atoms with Gasteiger partial charge < -0.3 is 28.6 Å². The van der Waals surface area contributed by atoms with Crippen molar-refractivity contribution < 1.29 is 42.2 Å². The van der Waals surface area contributed by atoms with Crippen LogP contribution in [0.2, 0.25) is 0 Å². The zero-order valence-electron chi connectivity index (χ0n) is 36.8. The maximum atomic E-state index is 15.4. The Morgan fingerprint density at radius 3 is 2.55 bits per heavy atom. The molecule has 3 fully saturated rings. The molecule has 3 saturated heterocycles. The molecule has 2 bridgehead atoms. The number of methoxy groups -OCH3 is 1. The maximum absolute atomic E-state index is 15.4. The lowest BCUT2D eigenvalue weighted by Gasteiger charge is -2.42. The first-order valence-electron chi connectivity index (χ1n) is 22.0. The number of benzene rings is 2. The molecule has 0 radical (unpaired) electrons. The fourth-order valence-corrected chi connectivity index (χ4v) is 9.52. The van der Waals surface area contributed by atoms with Crippen molar-refractivity contribution >= 4 is 46.3 Å². The Morgan fingerprint density at radius 2 is 1.77 bits per heavy atom. The van der Waals surface area contributed by atoms with Crippen LogP contribution in [-0.2, 0) is 44.0 Å². The lowest BCUT2D eigenvalue weighted by molar-refractivity contribution is -0.139. The third-order valence-electron chi connectivity index (χ3n) is 12.8. The van der Waals surface area contributed by atoms with Gasteiger partial charge in [0.25, 0.3) is 5.91 Å². The lowest BCUT2D eigenvalue weighted by Crippen LogP contribution is -2.57. The Bertz CT molecular complexity index is 2650. The predicted octanol–water partition coefficient (Wildman–Crippen LogP) is 4.17. The summed E-state index contributed by atoms with van der Waals surface area (Å²) in [6, 6.07) is 11.8. The van der Waals surface area contributed by atoms with E-state index in [0.717, 1.165) is 11.1 Å². The first-order valence-corrected chi connectivity index (χ1v) is 22.0. The van der Waals surface area contributed by atoms with E-state index in [4.69, 9.17) is 19.2 Å². The molecule has 3 aromatic heterocycles. The van der Waals surface area contributed by atoms with Crippen LogP contribution >= 0.6 is 0 Å². The van der Waals surface area contributed by atoms with E-state index in [1.54, 1.807) is 42.1 Å². The van der Waals surface area contributed by atoms with Gasteiger partial charge in [-0.2, -0.15) is 5.10 Å². The topological polar surface area (TPSA) is 178 Å². The molecule has 7 heterocycles. The summed E-state index contributed by atoms with van der Waals surface area (Å²) in [5, 5.41) is 9.58. The van der Waals surface area contributed by atoms with Gasteiger partial charge in [0.05, 0.1) is 72.2 Å². The Morgan fingerprint density at radius 1 is 0.954 bits per heavy atom. The molecule has 4 aliphatic rings. The highest BCUT2D eigenvalue weighted by atomic mass is 19.1. The Kier molecular flexibility index (Phi) is 12.4. The number of imide groups is 1. The summed E-state index contributed by atoms with van der Waals surface area (Å²) in [7, 11) is 3.43. The Labute approximate surface area is 374 Å². The molecule has 2 aromatic carbocycles. The number of hydrogen-bond donors (Lipinski definition) is 2. The number of nitrogens with one attached hydrogen (secondary N) is 2. The van der Waals surface area contributed by atoms with Crippen LogP contribution in [0, 0.1) is 24.5 Å². The van der Waals surface area contributed by atoms with Gasteiger partial charge in [-0.3, -0.25) is 39.7 Å². The largest absolute Gasteiger partial charge is 0.475 e. The molecule has 19 heteroatoms. The number of halogens is 2. The van der Waals surface area contributed by atoms with Gasteiger partial charge in [0, 0.05) is 82.4 Å². The first-order chi connectivity index (χ1) is 31.3. The zero-order chi connectivity index (χ0) is 45.5. The molecule has 0 spiro atoms. The number of piperidine rings is 1. The van der Waals surface area contributed by atoms with Gasteiger partial charge in [0.2, 0.25) is 29.5 Å². The number of aromatic nitrogens is 5. The fourth-order valence-electron chi connectivity index (χ4n) is 9.52. The number of piperazine rings is 1. The highest BCUT2D eigenvalue weighted by molar-refractivity contribution is 6.05. The zero-order valence-corrected chi connectivity index (χ0v) is 36.8. The molecular formula is C46H52F2N10O7. The monoisotopic (exact) mass is 894 g/mol. The molecular weight excluding hydrogens is 843 g/mol.